The Morgan fingerprint density at radius 1 is 1.33 bits per heavy atom. The molecule has 0 saturated heterocycles. The van der Waals surface area contributed by atoms with E-state index < -0.39 is 22.6 Å². The van der Waals surface area contributed by atoms with Crippen molar-refractivity contribution in [1.29, 1.82) is 0 Å². The van der Waals surface area contributed by atoms with E-state index in [1.165, 1.54) is 12.1 Å². The van der Waals surface area contributed by atoms with Crippen LogP contribution in [0.2, 0.25) is 0 Å². The third kappa shape index (κ3) is 6.34. The van der Waals surface area contributed by atoms with Crippen LogP contribution in [0.4, 0.5) is 18.9 Å². The van der Waals surface area contributed by atoms with Crippen molar-refractivity contribution >= 4 is 15.7 Å². The maximum Gasteiger partial charge on any atom is 0.389 e. The molecular formula is C13H19F3N2O2S. The summed E-state index contributed by atoms with van der Waals surface area (Å²) in [6.45, 7) is 3.52. The second kappa shape index (κ2) is 6.65. The van der Waals surface area contributed by atoms with Gasteiger partial charge in [-0.2, -0.15) is 13.2 Å². The van der Waals surface area contributed by atoms with E-state index in [1.54, 1.807) is 19.9 Å². The van der Waals surface area contributed by atoms with Gasteiger partial charge in [0.2, 0.25) is 10.0 Å². The van der Waals surface area contributed by atoms with Crippen molar-refractivity contribution in [3.05, 3.63) is 23.8 Å². The molecule has 4 nitrogen and oxygen atoms in total. The number of halogens is 3. The smallest absolute Gasteiger partial charge is 0.382 e. The predicted molar refractivity (Wildman–Crippen MR) is 75.5 cm³/mol. The Kier molecular flexibility index (Phi) is 5.63. The SMILES string of the molecule is Cc1ccc(S(N)(=O)=O)cc1NC(C)CCCC(F)(F)F. The van der Waals surface area contributed by atoms with E-state index in [0.29, 0.717) is 12.1 Å². The first-order valence-corrected chi connectivity index (χ1v) is 8.00. The van der Waals surface area contributed by atoms with Gasteiger partial charge in [-0.3, -0.25) is 0 Å². The second-order valence-corrected chi connectivity index (χ2v) is 6.64. The maximum atomic E-state index is 12.1. The highest BCUT2D eigenvalue weighted by atomic mass is 32.2. The fraction of sp³-hybridized carbons (Fsp3) is 0.538. The molecule has 0 aromatic heterocycles. The van der Waals surface area contributed by atoms with E-state index >= 15 is 0 Å². The van der Waals surface area contributed by atoms with E-state index in [4.69, 9.17) is 5.14 Å². The Morgan fingerprint density at radius 3 is 2.48 bits per heavy atom. The fourth-order valence-corrected chi connectivity index (χ4v) is 2.42. The van der Waals surface area contributed by atoms with Gasteiger partial charge < -0.3 is 5.32 Å². The van der Waals surface area contributed by atoms with E-state index in [1.807, 2.05) is 0 Å². The van der Waals surface area contributed by atoms with Gasteiger partial charge in [0.25, 0.3) is 0 Å². The van der Waals surface area contributed by atoms with Gasteiger partial charge >= 0.3 is 6.18 Å². The molecule has 0 fully saturated rings. The lowest BCUT2D eigenvalue weighted by atomic mass is 10.1. The second-order valence-electron chi connectivity index (χ2n) is 5.07. The molecule has 120 valence electrons. The van der Waals surface area contributed by atoms with Gasteiger partial charge in [0, 0.05) is 18.2 Å². The number of hydrogen-bond donors (Lipinski definition) is 2. The van der Waals surface area contributed by atoms with Crippen molar-refractivity contribution in [3.8, 4) is 0 Å². The van der Waals surface area contributed by atoms with E-state index in [0.717, 1.165) is 5.56 Å². The molecule has 3 N–H and O–H groups in total. The first-order valence-electron chi connectivity index (χ1n) is 6.46. The summed E-state index contributed by atoms with van der Waals surface area (Å²) in [7, 11) is -3.80. The number of aryl methyl sites for hydroxylation is 1. The molecule has 0 radical (unpaired) electrons. The lowest BCUT2D eigenvalue weighted by molar-refractivity contribution is -0.135. The number of nitrogens with two attached hydrogens (primary N) is 1. The molecule has 0 amide bonds. The van der Waals surface area contributed by atoms with Crippen LogP contribution in [0.25, 0.3) is 0 Å². The number of hydrogen-bond acceptors (Lipinski definition) is 3. The molecule has 1 rings (SSSR count). The van der Waals surface area contributed by atoms with Crippen LogP contribution >= 0.6 is 0 Å². The normalized spacial score (nSPS) is 14.0. The van der Waals surface area contributed by atoms with Crippen LogP contribution in [0.5, 0.6) is 0 Å². The first-order chi connectivity index (χ1) is 9.49. The molecule has 21 heavy (non-hydrogen) atoms. The van der Waals surface area contributed by atoms with Crippen molar-refractivity contribution in [2.75, 3.05) is 5.32 Å². The fourth-order valence-electron chi connectivity index (χ4n) is 1.88. The van der Waals surface area contributed by atoms with Crippen molar-refractivity contribution in [2.45, 2.75) is 50.2 Å². The number of benzene rings is 1. The Balaban J connectivity index is 2.70. The molecule has 0 aliphatic rings. The zero-order valence-corrected chi connectivity index (χ0v) is 12.7. The number of anilines is 1. The van der Waals surface area contributed by atoms with Gasteiger partial charge in [-0.05, 0) is 44.4 Å². The topological polar surface area (TPSA) is 72.2 Å². The maximum absolute atomic E-state index is 12.1. The average Bonchev–Trinajstić information content (AvgIpc) is 2.28. The monoisotopic (exact) mass is 324 g/mol. The summed E-state index contributed by atoms with van der Waals surface area (Å²) in [5, 5.41) is 8.08. The highest BCUT2D eigenvalue weighted by Crippen LogP contribution is 2.24. The van der Waals surface area contributed by atoms with Crippen LogP contribution < -0.4 is 10.5 Å². The quantitative estimate of drug-likeness (QED) is 0.844. The lowest BCUT2D eigenvalue weighted by Crippen LogP contribution is -2.18. The third-order valence-electron chi connectivity index (χ3n) is 3.04. The largest absolute Gasteiger partial charge is 0.389 e. The van der Waals surface area contributed by atoms with Gasteiger partial charge in [0.05, 0.1) is 4.90 Å². The van der Waals surface area contributed by atoms with E-state index in [2.05, 4.69) is 5.32 Å². The molecule has 0 aliphatic carbocycles. The number of sulfonamides is 1. The third-order valence-corrected chi connectivity index (χ3v) is 3.95. The molecule has 0 aliphatic heterocycles. The van der Waals surface area contributed by atoms with Gasteiger partial charge in [0.15, 0.2) is 0 Å². The Labute approximate surface area is 122 Å². The number of primary sulfonamides is 1. The number of rotatable bonds is 6. The summed E-state index contributed by atoms with van der Waals surface area (Å²) in [5.41, 5.74) is 1.35. The van der Waals surface area contributed by atoms with Crippen LogP contribution in [0.15, 0.2) is 23.1 Å². The molecule has 0 bridgehead atoms. The highest BCUT2D eigenvalue weighted by molar-refractivity contribution is 7.89. The van der Waals surface area contributed by atoms with Crippen LogP contribution in [0, 0.1) is 6.92 Å². The highest BCUT2D eigenvalue weighted by Gasteiger charge is 2.26. The number of nitrogens with one attached hydrogen (secondary N) is 1. The summed E-state index contributed by atoms with van der Waals surface area (Å²) in [6, 6.07) is 4.18. The minimum absolute atomic E-state index is 0.0194. The summed E-state index contributed by atoms with van der Waals surface area (Å²) in [5.74, 6) is 0. The summed E-state index contributed by atoms with van der Waals surface area (Å²) >= 11 is 0. The molecule has 1 unspecified atom stereocenters. The van der Waals surface area contributed by atoms with Crippen molar-refractivity contribution in [1.82, 2.24) is 0 Å². The van der Waals surface area contributed by atoms with E-state index in [-0.39, 0.29) is 17.4 Å². The summed E-state index contributed by atoms with van der Waals surface area (Å²) < 4.78 is 58.8. The molecule has 1 aromatic rings. The van der Waals surface area contributed by atoms with E-state index in [9.17, 15) is 21.6 Å². The average molecular weight is 324 g/mol. The zero-order valence-electron chi connectivity index (χ0n) is 11.9. The minimum Gasteiger partial charge on any atom is -0.382 e. The molecular weight excluding hydrogens is 305 g/mol. The lowest BCUT2D eigenvalue weighted by Gasteiger charge is -2.18. The Morgan fingerprint density at radius 2 is 1.95 bits per heavy atom. The Bertz CT molecular complexity index is 586. The zero-order chi connectivity index (χ0) is 16.3. The standard InChI is InChI=1S/C13H19F3N2O2S/c1-9-5-6-11(21(17,19)20)8-12(9)18-10(2)4-3-7-13(14,15)16/h5-6,8,10,18H,3-4,7H2,1-2H3,(H2,17,19,20). The van der Waals surface area contributed by atoms with Gasteiger partial charge in [-0.25, -0.2) is 13.6 Å². The first kappa shape index (κ1) is 17.8. The van der Waals surface area contributed by atoms with Crippen LogP contribution in [-0.4, -0.2) is 20.6 Å². The minimum atomic E-state index is -4.15. The van der Waals surface area contributed by atoms with Crippen LogP contribution in [0.1, 0.15) is 31.7 Å². The van der Waals surface area contributed by atoms with Gasteiger partial charge in [-0.1, -0.05) is 6.07 Å². The molecule has 0 saturated carbocycles. The Hall–Kier alpha value is -1.28. The van der Waals surface area contributed by atoms with Gasteiger partial charge in [-0.15, -0.1) is 0 Å². The van der Waals surface area contributed by atoms with Gasteiger partial charge in [0.1, 0.15) is 0 Å². The molecule has 1 atom stereocenters. The molecule has 0 spiro atoms. The summed E-state index contributed by atoms with van der Waals surface area (Å²) in [6.07, 6.45) is -4.62. The summed E-state index contributed by atoms with van der Waals surface area (Å²) in [4.78, 5) is -0.0295. The van der Waals surface area contributed by atoms with Crippen LogP contribution in [0.3, 0.4) is 0 Å². The van der Waals surface area contributed by atoms with Crippen molar-refractivity contribution in [3.63, 3.8) is 0 Å². The predicted octanol–water partition coefficient (Wildman–Crippen LogP) is 3.18. The number of alkyl halides is 3. The van der Waals surface area contributed by atoms with Crippen molar-refractivity contribution in [2.24, 2.45) is 5.14 Å². The molecule has 0 heterocycles. The molecule has 1 aromatic carbocycles. The molecule has 8 heteroatoms. The van der Waals surface area contributed by atoms with Crippen molar-refractivity contribution < 1.29 is 21.6 Å². The van der Waals surface area contributed by atoms with Crippen LogP contribution in [-0.2, 0) is 10.0 Å².